The molecule has 44 heavy (non-hydrogen) atoms. The van der Waals surface area contributed by atoms with E-state index >= 15 is 0 Å². The van der Waals surface area contributed by atoms with Gasteiger partial charge in [0.15, 0.2) is 0 Å². The summed E-state index contributed by atoms with van der Waals surface area (Å²) in [6, 6.07) is 6.43. The molecule has 0 unspecified atom stereocenters. The fraction of sp³-hybridized carbons (Fsp3) is 0.216. The van der Waals surface area contributed by atoms with E-state index in [9.17, 15) is 4.79 Å². The number of carbonyl (C=O) groups is 1. The van der Waals surface area contributed by atoms with Crippen LogP contribution in [0.1, 0.15) is 25.8 Å². The molecule has 2 aromatic heterocycles. The van der Waals surface area contributed by atoms with Crippen molar-refractivity contribution >= 4 is 34.2 Å². The molecule has 0 saturated heterocycles. The quantitative estimate of drug-likeness (QED) is 0.250. The van der Waals surface area contributed by atoms with Gasteiger partial charge in [0.25, 0.3) is 0 Å². The van der Waals surface area contributed by atoms with Crippen LogP contribution in [0, 0.1) is 95.2 Å². The number of rotatable bonds is 5. The summed E-state index contributed by atoms with van der Waals surface area (Å²) < 4.78 is 7.38. The van der Waals surface area contributed by atoms with Gasteiger partial charge in [-0.2, -0.15) is 0 Å². The first-order valence-corrected chi connectivity index (χ1v) is 13.7. The van der Waals surface area contributed by atoms with Gasteiger partial charge in [0.05, 0.1) is 23.9 Å². The minimum Gasteiger partial charge on any atom is -0.464 e. The number of benzene rings is 1. The molecule has 1 aliphatic rings. The molecule has 0 radical (unpaired) electrons. The van der Waals surface area contributed by atoms with Gasteiger partial charge in [0.2, 0.25) is 5.28 Å². The summed E-state index contributed by atoms with van der Waals surface area (Å²) >= 11 is 6.14. The van der Waals surface area contributed by atoms with Crippen LogP contribution in [0.4, 0.5) is 5.69 Å². The van der Waals surface area contributed by atoms with E-state index in [1.165, 1.54) is 23.4 Å². The van der Waals surface area contributed by atoms with E-state index in [1.54, 1.807) is 13.1 Å². The molecule has 1 aliphatic heterocycles. The molecule has 212 valence electrons. The molecule has 6 nitrogen and oxygen atoms in total. The predicted octanol–water partition coefficient (Wildman–Crippen LogP) is 4.36. The Kier molecular flexibility index (Phi) is 13.0. The van der Waals surface area contributed by atoms with Crippen molar-refractivity contribution in [1.82, 2.24) is 14.5 Å². The average Bonchev–Trinajstić information content (AvgIpc) is 3.40. The summed E-state index contributed by atoms with van der Waals surface area (Å²) in [6.07, 6.45) is 11.0. The van der Waals surface area contributed by atoms with Gasteiger partial charge in [-0.1, -0.05) is 24.1 Å². The van der Waals surface area contributed by atoms with Crippen LogP contribution < -0.4 is 4.90 Å². The number of likely N-dealkylation sites (N-methyl/N-ethyl adjacent to an activating group) is 1. The summed E-state index contributed by atoms with van der Waals surface area (Å²) in [6.45, 7) is 4.96. The minimum atomic E-state index is -0.287. The topological polar surface area (TPSA) is 60.2 Å². The Balaban J connectivity index is 0.000000271. The number of nitrogens with zero attached hydrogens (tertiary/aromatic N) is 4. The first kappa shape index (κ1) is 32.4. The highest BCUT2D eigenvalue weighted by atomic mass is 35.5. The van der Waals surface area contributed by atoms with Crippen molar-refractivity contribution in [1.29, 1.82) is 0 Å². The number of carbonyl (C=O) groups excluding carboxylic acids is 1. The largest absolute Gasteiger partial charge is 0.464 e. The van der Waals surface area contributed by atoms with Crippen LogP contribution in [0.2, 0.25) is 5.28 Å². The number of terminal acetylenes is 1. The Labute approximate surface area is 263 Å². The van der Waals surface area contributed by atoms with E-state index in [2.05, 4.69) is 128 Å². The smallest absolute Gasteiger partial charge is 0.302 e. The number of ether oxygens (including phenoxy) is 1. The van der Waals surface area contributed by atoms with E-state index in [4.69, 9.17) is 22.8 Å². The molecule has 0 bridgehead atoms. The summed E-state index contributed by atoms with van der Waals surface area (Å²) in [7, 11) is 1.93. The highest BCUT2D eigenvalue weighted by Gasteiger charge is 2.21. The van der Waals surface area contributed by atoms with Gasteiger partial charge in [0, 0.05) is 37.7 Å². The van der Waals surface area contributed by atoms with Gasteiger partial charge in [-0.3, -0.25) is 4.79 Å². The second-order valence-electron chi connectivity index (χ2n) is 8.81. The van der Waals surface area contributed by atoms with Gasteiger partial charge in [0.1, 0.15) is 12.3 Å². The van der Waals surface area contributed by atoms with Gasteiger partial charge in [-0.15, -0.1) is 6.42 Å². The van der Waals surface area contributed by atoms with E-state index in [0.717, 1.165) is 36.3 Å². The molecule has 3 aromatic rings. The Hall–Kier alpha value is -6.12. The Morgan fingerprint density at radius 3 is 2.27 bits per heavy atom. The van der Waals surface area contributed by atoms with E-state index < -0.39 is 0 Å². The van der Waals surface area contributed by atoms with Crippen molar-refractivity contribution in [3.63, 3.8) is 0 Å². The third kappa shape index (κ3) is 9.76. The molecule has 0 N–H and O–H groups in total. The molecule has 0 saturated carbocycles. The second kappa shape index (κ2) is 17.6. The number of anilines is 1. The van der Waals surface area contributed by atoms with Gasteiger partial charge < -0.3 is 14.2 Å². The number of hydrogen-bond acceptors (Lipinski definition) is 5. The Morgan fingerprint density at radius 1 is 1.02 bits per heavy atom. The van der Waals surface area contributed by atoms with E-state index in [0.29, 0.717) is 13.2 Å². The molecule has 0 aliphatic carbocycles. The van der Waals surface area contributed by atoms with Crippen molar-refractivity contribution in [3.05, 3.63) is 41.4 Å². The van der Waals surface area contributed by atoms with Crippen LogP contribution in [0.25, 0.3) is 22.2 Å². The molecule has 0 spiro atoms. The zero-order valence-electron chi connectivity index (χ0n) is 24.5. The van der Waals surface area contributed by atoms with Crippen molar-refractivity contribution in [2.75, 3.05) is 25.1 Å². The van der Waals surface area contributed by atoms with Crippen LogP contribution >= 0.6 is 11.6 Å². The molecule has 0 amide bonds. The molecule has 4 rings (SSSR count). The van der Waals surface area contributed by atoms with Crippen molar-refractivity contribution in [3.8, 4) is 106 Å². The number of esters is 1. The first-order chi connectivity index (χ1) is 21.5. The maximum Gasteiger partial charge on any atom is 0.302 e. The minimum absolute atomic E-state index is 0.217. The summed E-state index contributed by atoms with van der Waals surface area (Å²) in [4.78, 5) is 21.7. The molecule has 1 aromatic carbocycles. The maximum absolute atomic E-state index is 11.0. The third-order valence-electron chi connectivity index (χ3n) is 5.91. The second-order valence-corrected chi connectivity index (χ2v) is 9.14. The van der Waals surface area contributed by atoms with Crippen LogP contribution in [0.15, 0.2) is 30.6 Å². The number of hydrogen-bond donors (Lipinski definition) is 0. The van der Waals surface area contributed by atoms with Crippen molar-refractivity contribution in [2.45, 2.75) is 33.2 Å². The number of aryl methyl sites for hydroxylation is 2. The first-order valence-electron chi connectivity index (χ1n) is 13.3. The SMILES string of the molecule is C#CC#CC#CC#CC#CC#CC#CC#CC.CC(=O)OCCN(C)c1cnc(Cl)nc1-c1cn2c3c(cccc13)CCC2. The summed E-state index contributed by atoms with van der Waals surface area (Å²) in [5, 5.41) is 1.39. The van der Waals surface area contributed by atoms with Crippen LogP contribution in [-0.2, 0) is 22.5 Å². The number of para-hydroxylation sites is 1. The zero-order valence-corrected chi connectivity index (χ0v) is 25.2. The lowest BCUT2D eigenvalue weighted by molar-refractivity contribution is -0.140. The van der Waals surface area contributed by atoms with Crippen molar-refractivity contribution < 1.29 is 9.53 Å². The Morgan fingerprint density at radius 2 is 1.66 bits per heavy atom. The van der Waals surface area contributed by atoms with Crippen LogP contribution in [0.3, 0.4) is 0 Å². The monoisotopic (exact) mass is 592 g/mol. The molecule has 0 fully saturated rings. The lowest BCUT2D eigenvalue weighted by Crippen LogP contribution is -2.24. The lowest BCUT2D eigenvalue weighted by atomic mass is 10.0. The van der Waals surface area contributed by atoms with Gasteiger partial charge in [-0.25, -0.2) is 9.97 Å². The molecular formula is C37H25ClN4O2. The van der Waals surface area contributed by atoms with Crippen molar-refractivity contribution in [2.24, 2.45) is 0 Å². The van der Waals surface area contributed by atoms with Crippen LogP contribution in [-0.4, -0.2) is 40.7 Å². The maximum atomic E-state index is 11.0. The molecular weight excluding hydrogens is 568 g/mol. The standard InChI is InChI=1S/C20H21ClN4O2.C17H4/c1-13(26)27-10-9-24(2)17-11-22-20(21)23-18(17)16-12-25-8-4-6-14-5-3-7-15(16)19(14)25;1-3-5-7-9-11-13-15-17-16-14-12-10-8-6-4-2/h3,5,7,11-12H,4,6,8-10H2,1-2H3;1H,2H3. The molecule has 7 heteroatoms. The van der Waals surface area contributed by atoms with Crippen LogP contribution in [0.5, 0.6) is 0 Å². The normalized spacial score (nSPS) is 9.43. The number of aromatic nitrogens is 3. The fourth-order valence-corrected chi connectivity index (χ4v) is 4.30. The predicted molar refractivity (Wildman–Crippen MR) is 175 cm³/mol. The van der Waals surface area contributed by atoms with Gasteiger partial charge >= 0.3 is 5.97 Å². The van der Waals surface area contributed by atoms with E-state index in [1.807, 2.05) is 11.9 Å². The molecule has 3 heterocycles. The fourth-order valence-electron chi connectivity index (χ4n) is 4.17. The summed E-state index contributed by atoms with van der Waals surface area (Å²) in [5.41, 5.74) is 5.35. The summed E-state index contributed by atoms with van der Waals surface area (Å²) in [5.74, 6) is 36.6. The Bertz CT molecular complexity index is 2050. The zero-order chi connectivity index (χ0) is 31.6. The highest BCUT2D eigenvalue weighted by Crippen LogP contribution is 2.38. The van der Waals surface area contributed by atoms with Gasteiger partial charge in [-0.05, 0) is 120 Å². The third-order valence-corrected chi connectivity index (χ3v) is 6.09. The lowest BCUT2D eigenvalue weighted by Gasteiger charge is -2.21. The highest BCUT2D eigenvalue weighted by molar-refractivity contribution is 6.28. The number of halogens is 1. The van der Waals surface area contributed by atoms with E-state index in [-0.39, 0.29) is 11.3 Å². The molecule has 0 atom stereocenters. The average molecular weight is 593 g/mol.